The zero-order valence-electron chi connectivity index (χ0n) is 16.4. The van der Waals surface area contributed by atoms with Crippen LogP contribution in [0.5, 0.6) is 11.5 Å². The molecule has 0 aliphatic rings. The minimum atomic E-state index is -0.432. The number of fused-ring (bicyclic) bond motifs is 1. The van der Waals surface area contributed by atoms with E-state index in [9.17, 15) is 9.18 Å². The Morgan fingerprint density at radius 1 is 1.10 bits per heavy atom. The van der Waals surface area contributed by atoms with Crippen LogP contribution in [0.4, 0.5) is 4.39 Å². The lowest BCUT2D eigenvalue weighted by Gasteiger charge is -2.08. The Bertz CT molecular complexity index is 1240. The molecular weight excluding hydrogens is 407 g/mol. The Morgan fingerprint density at radius 3 is 2.63 bits per heavy atom. The highest BCUT2D eigenvalue weighted by atomic mass is 32.2. The van der Waals surface area contributed by atoms with E-state index in [1.807, 2.05) is 35.9 Å². The van der Waals surface area contributed by atoms with Crippen molar-refractivity contribution >= 4 is 22.7 Å². The molecule has 0 radical (unpaired) electrons. The number of hydrogen-bond donors (Lipinski definition) is 1. The summed E-state index contributed by atoms with van der Waals surface area (Å²) in [5.41, 5.74) is 1.11. The van der Waals surface area contributed by atoms with Crippen molar-refractivity contribution in [3.05, 3.63) is 76.1 Å². The Kier molecular flexibility index (Phi) is 5.71. The molecule has 0 saturated carbocycles. The van der Waals surface area contributed by atoms with E-state index >= 15 is 0 Å². The number of pyridine rings is 1. The van der Waals surface area contributed by atoms with Gasteiger partial charge in [-0.3, -0.25) is 4.79 Å². The largest absolute Gasteiger partial charge is 0.497 e. The summed E-state index contributed by atoms with van der Waals surface area (Å²) in [5, 5.41) is 9.42. The zero-order chi connectivity index (χ0) is 21.1. The van der Waals surface area contributed by atoms with Gasteiger partial charge in [-0.2, -0.15) is 0 Å². The molecule has 0 saturated heterocycles. The summed E-state index contributed by atoms with van der Waals surface area (Å²) in [4.78, 5) is 15.4. The molecule has 30 heavy (non-hydrogen) atoms. The molecule has 7 nitrogen and oxygen atoms in total. The predicted molar refractivity (Wildman–Crippen MR) is 112 cm³/mol. The Balaban J connectivity index is 1.42. The van der Waals surface area contributed by atoms with Crippen LogP contribution >= 0.6 is 11.8 Å². The first-order valence-corrected chi connectivity index (χ1v) is 10.1. The van der Waals surface area contributed by atoms with Crippen molar-refractivity contribution in [2.45, 2.75) is 17.5 Å². The Morgan fingerprint density at radius 2 is 1.87 bits per heavy atom. The van der Waals surface area contributed by atoms with E-state index in [1.165, 1.54) is 30.0 Å². The highest BCUT2D eigenvalue weighted by molar-refractivity contribution is 7.98. The standard InChI is InChI=1S/C21H19FN4O3S/c1-26-20(11-29-16-6-4-15(28-2)5-7-16)24-25-21(26)30-12-14-10-19(27)17-9-13(22)3-8-18(17)23-14/h3-10H,11-12H2,1-2H3,(H,23,27). The fourth-order valence-corrected chi connectivity index (χ4v) is 3.75. The van der Waals surface area contributed by atoms with Crippen molar-refractivity contribution in [2.75, 3.05) is 7.11 Å². The monoisotopic (exact) mass is 426 g/mol. The molecule has 0 aliphatic heterocycles. The van der Waals surface area contributed by atoms with E-state index in [1.54, 1.807) is 13.2 Å². The third-order valence-electron chi connectivity index (χ3n) is 4.56. The second-order valence-electron chi connectivity index (χ2n) is 6.56. The number of aromatic amines is 1. The number of nitrogens with one attached hydrogen (secondary N) is 1. The molecule has 2 aromatic heterocycles. The SMILES string of the molecule is COc1ccc(OCc2nnc(SCc3cc(=O)c4cc(F)ccc4[nH]3)n2C)cc1. The second kappa shape index (κ2) is 8.58. The van der Waals surface area contributed by atoms with Gasteiger partial charge in [-0.1, -0.05) is 11.8 Å². The summed E-state index contributed by atoms with van der Waals surface area (Å²) in [6.07, 6.45) is 0. The van der Waals surface area contributed by atoms with Crippen LogP contribution < -0.4 is 14.9 Å². The molecule has 0 aliphatic carbocycles. The number of benzene rings is 2. The average Bonchev–Trinajstić information content (AvgIpc) is 3.11. The Labute approximate surface area is 175 Å². The van der Waals surface area contributed by atoms with E-state index in [0.717, 1.165) is 11.4 Å². The summed E-state index contributed by atoms with van der Waals surface area (Å²) < 4.78 is 26.1. The van der Waals surface area contributed by atoms with Crippen LogP contribution in [0.3, 0.4) is 0 Å². The third-order valence-corrected chi connectivity index (χ3v) is 5.63. The summed E-state index contributed by atoms with van der Waals surface area (Å²) in [5.74, 6) is 2.21. The van der Waals surface area contributed by atoms with Gasteiger partial charge in [-0.05, 0) is 42.5 Å². The van der Waals surface area contributed by atoms with Crippen LogP contribution in [-0.4, -0.2) is 26.9 Å². The van der Waals surface area contributed by atoms with Crippen molar-refractivity contribution < 1.29 is 13.9 Å². The summed E-state index contributed by atoms with van der Waals surface area (Å²) in [6.45, 7) is 0.273. The predicted octanol–water partition coefficient (Wildman–Crippen LogP) is 3.68. The highest BCUT2D eigenvalue weighted by Crippen LogP contribution is 2.22. The normalized spacial score (nSPS) is 11.0. The molecule has 0 fully saturated rings. The zero-order valence-corrected chi connectivity index (χ0v) is 17.2. The van der Waals surface area contributed by atoms with Gasteiger partial charge in [-0.25, -0.2) is 4.39 Å². The van der Waals surface area contributed by atoms with Crippen LogP contribution in [0.25, 0.3) is 10.9 Å². The van der Waals surface area contributed by atoms with Gasteiger partial charge < -0.3 is 19.0 Å². The first-order chi connectivity index (χ1) is 14.5. The van der Waals surface area contributed by atoms with Gasteiger partial charge in [-0.15, -0.1) is 10.2 Å². The van der Waals surface area contributed by atoms with E-state index in [2.05, 4.69) is 15.2 Å². The third kappa shape index (κ3) is 4.30. The van der Waals surface area contributed by atoms with Gasteiger partial charge in [0.25, 0.3) is 0 Å². The van der Waals surface area contributed by atoms with Crippen LogP contribution in [0.2, 0.25) is 0 Å². The summed E-state index contributed by atoms with van der Waals surface area (Å²) >= 11 is 1.44. The maximum atomic E-state index is 13.3. The first-order valence-electron chi connectivity index (χ1n) is 9.13. The molecule has 0 bridgehead atoms. The maximum Gasteiger partial charge on any atom is 0.191 e. The molecule has 2 heterocycles. The molecular formula is C21H19FN4O3S. The summed E-state index contributed by atoms with van der Waals surface area (Å²) in [6, 6.07) is 12.9. The number of halogens is 1. The summed E-state index contributed by atoms with van der Waals surface area (Å²) in [7, 11) is 3.48. The van der Waals surface area contributed by atoms with E-state index in [4.69, 9.17) is 9.47 Å². The van der Waals surface area contributed by atoms with Crippen LogP contribution in [0.1, 0.15) is 11.5 Å². The molecule has 2 aromatic carbocycles. The van der Waals surface area contributed by atoms with Crippen molar-refractivity contribution in [3.63, 3.8) is 0 Å². The van der Waals surface area contributed by atoms with Gasteiger partial charge >= 0.3 is 0 Å². The molecule has 0 amide bonds. The van der Waals surface area contributed by atoms with Gasteiger partial charge in [0.05, 0.1) is 7.11 Å². The topological polar surface area (TPSA) is 82.0 Å². The van der Waals surface area contributed by atoms with Crippen LogP contribution in [0, 0.1) is 5.82 Å². The molecule has 0 spiro atoms. The van der Waals surface area contributed by atoms with Gasteiger partial charge in [0.1, 0.15) is 23.9 Å². The number of thioether (sulfide) groups is 1. The highest BCUT2D eigenvalue weighted by Gasteiger charge is 2.11. The van der Waals surface area contributed by atoms with Gasteiger partial charge in [0.15, 0.2) is 16.4 Å². The van der Waals surface area contributed by atoms with Crippen molar-refractivity contribution in [2.24, 2.45) is 7.05 Å². The Hall–Kier alpha value is -3.33. The lowest BCUT2D eigenvalue weighted by molar-refractivity contribution is 0.290. The lowest BCUT2D eigenvalue weighted by Crippen LogP contribution is -2.06. The second-order valence-corrected chi connectivity index (χ2v) is 7.50. The molecule has 4 rings (SSSR count). The van der Waals surface area contributed by atoms with Gasteiger partial charge in [0, 0.05) is 35.5 Å². The molecule has 0 unspecified atom stereocenters. The number of H-pyrrole nitrogens is 1. The van der Waals surface area contributed by atoms with Crippen molar-refractivity contribution in [1.29, 1.82) is 0 Å². The van der Waals surface area contributed by atoms with Crippen LogP contribution in [-0.2, 0) is 19.4 Å². The number of methoxy groups -OCH3 is 1. The fourth-order valence-electron chi connectivity index (χ4n) is 2.91. The minimum absolute atomic E-state index is 0.217. The molecule has 0 atom stereocenters. The molecule has 1 N–H and O–H groups in total. The number of rotatable bonds is 7. The quantitative estimate of drug-likeness (QED) is 0.454. The average molecular weight is 426 g/mol. The fraction of sp³-hybridized carbons (Fsp3) is 0.190. The van der Waals surface area contributed by atoms with E-state index < -0.39 is 5.82 Å². The maximum absolute atomic E-state index is 13.3. The number of nitrogens with zero attached hydrogens (tertiary/aromatic N) is 3. The molecule has 154 valence electrons. The number of ether oxygens (including phenoxy) is 2. The van der Waals surface area contributed by atoms with Crippen molar-refractivity contribution in [1.82, 2.24) is 19.7 Å². The number of aromatic nitrogens is 4. The molecule has 4 aromatic rings. The van der Waals surface area contributed by atoms with E-state index in [0.29, 0.717) is 33.4 Å². The molecule has 9 heteroatoms. The van der Waals surface area contributed by atoms with Crippen molar-refractivity contribution in [3.8, 4) is 11.5 Å². The smallest absolute Gasteiger partial charge is 0.191 e. The van der Waals surface area contributed by atoms with Gasteiger partial charge in [0.2, 0.25) is 0 Å². The minimum Gasteiger partial charge on any atom is -0.497 e. The first kappa shape index (κ1) is 20.0. The van der Waals surface area contributed by atoms with E-state index in [-0.39, 0.29) is 12.0 Å². The lowest BCUT2D eigenvalue weighted by atomic mass is 10.2. The van der Waals surface area contributed by atoms with Crippen LogP contribution in [0.15, 0.2) is 58.5 Å². The number of hydrogen-bond acceptors (Lipinski definition) is 6.